The molecule has 1 amide bonds. The molecule has 2 nitrogen and oxygen atoms in total. The Hall–Kier alpha value is -0.830. The van der Waals surface area contributed by atoms with Crippen molar-refractivity contribution in [3.8, 4) is 0 Å². The molecular weight excluding hydrogens is 314 g/mol. The zero-order valence-electron chi connectivity index (χ0n) is 11.6. The van der Waals surface area contributed by atoms with Crippen LogP contribution >= 0.6 is 15.9 Å². The van der Waals surface area contributed by atoms with Crippen LogP contribution in [0.15, 0.2) is 18.2 Å². The summed E-state index contributed by atoms with van der Waals surface area (Å²) in [7, 11) is 0. The average molecular weight is 334 g/mol. The van der Waals surface area contributed by atoms with E-state index in [1.54, 1.807) is 0 Å². The van der Waals surface area contributed by atoms with Crippen molar-refractivity contribution in [3.05, 3.63) is 34.9 Å². The van der Waals surface area contributed by atoms with Gasteiger partial charge in [-0.1, -0.05) is 34.5 Å². The Morgan fingerprint density at radius 3 is 2.80 bits per heavy atom. The van der Waals surface area contributed by atoms with Crippen LogP contribution in [0.5, 0.6) is 0 Å². The maximum atomic E-state index is 12.1. The number of amides is 1. The van der Waals surface area contributed by atoms with E-state index in [2.05, 4.69) is 39.4 Å². The summed E-state index contributed by atoms with van der Waals surface area (Å²) in [5, 5.41) is 3.00. The zero-order chi connectivity index (χ0) is 13.7. The van der Waals surface area contributed by atoms with Gasteiger partial charge in [0.15, 0.2) is 0 Å². The van der Waals surface area contributed by atoms with Gasteiger partial charge >= 0.3 is 0 Å². The second kappa shape index (κ2) is 4.87. The second-order valence-corrected chi connectivity index (χ2v) is 7.50. The van der Waals surface area contributed by atoms with Crippen molar-refractivity contribution < 1.29 is 4.79 Å². The molecule has 2 fully saturated rings. The Morgan fingerprint density at radius 1 is 1.20 bits per heavy atom. The van der Waals surface area contributed by atoms with Crippen LogP contribution in [0.25, 0.3) is 0 Å². The van der Waals surface area contributed by atoms with Gasteiger partial charge in [-0.05, 0) is 60.6 Å². The van der Waals surface area contributed by atoms with Gasteiger partial charge in [-0.25, -0.2) is 0 Å². The van der Waals surface area contributed by atoms with E-state index < -0.39 is 0 Å². The Labute approximate surface area is 128 Å². The van der Waals surface area contributed by atoms with Crippen LogP contribution in [0.4, 0.5) is 0 Å². The van der Waals surface area contributed by atoms with Gasteiger partial charge in [-0.15, -0.1) is 0 Å². The molecule has 0 bridgehead atoms. The molecule has 3 atom stereocenters. The summed E-state index contributed by atoms with van der Waals surface area (Å²) in [6.45, 7) is 0.799. The molecule has 20 heavy (non-hydrogen) atoms. The highest BCUT2D eigenvalue weighted by atomic mass is 79.9. The van der Waals surface area contributed by atoms with Crippen molar-refractivity contribution in [2.24, 2.45) is 17.8 Å². The number of fused-ring (bicyclic) bond motifs is 2. The predicted molar refractivity (Wildman–Crippen MR) is 83.1 cm³/mol. The monoisotopic (exact) mass is 333 g/mol. The van der Waals surface area contributed by atoms with Crippen molar-refractivity contribution in [1.29, 1.82) is 0 Å². The van der Waals surface area contributed by atoms with Crippen LogP contribution in [0, 0.1) is 17.8 Å². The van der Waals surface area contributed by atoms with Crippen molar-refractivity contribution >= 4 is 21.8 Å². The minimum atomic E-state index is 0.107. The van der Waals surface area contributed by atoms with Crippen LogP contribution in [-0.2, 0) is 6.42 Å². The lowest BCUT2D eigenvalue weighted by atomic mass is 9.96. The molecule has 0 aromatic heterocycles. The molecule has 1 N–H and O–H groups in total. The van der Waals surface area contributed by atoms with Gasteiger partial charge in [-0.3, -0.25) is 4.79 Å². The molecule has 0 radical (unpaired) electrons. The third-order valence-corrected chi connectivity index (χ3v) is 6.56. The lowest BCUT2D eigenvalue weighted by Gasteiger charge is -2.15. The predicted octanol–water partition coefficient (Wildman–Crippen LogP) is 3.84. The Balaban J connectivity index is 1.61. The number of benzene rings is 1. The maximum absolute atomic E-state index is 12.1. The Morgan fingerprint density at radius 2 is 2.00 bits per heavy atom. The molecule has 0 spiro atoms. The minimum absolute atomic E-state index is 0.107. The Bertz CT molecular complexity index is 546. The molecule has 3 aliphatic rings. The highest BCUT2D eigenvalue weighted by Gasteiger charge is 2.55. The quantitative estimate of drug-likeness (QED) is 0.818. The Kier molecular flexibility index (Phi) is 3.13. The average Bonchev–Trinajstić information content (AvgIpc) is 3.02. The summed E-state index contributed by atoms with van der Waals surface area (Å²) >= 11 is 3.90. The zero-order valence-corrected chi connectivity index (χ0v) is 13.2. The number of hydrogen-bond donors (Lipinski definition) is 1. The fourth-order valence-electron chi connectivity index (χ4n) is 4.30. The van der Waals surface area contributed by atoms with Crippen LogP contribution in [-0.4, -0.2) is 12.5 Å². The van der Waals surface area contributed by atoms with E-state index in [0.29, 0.717) is 4.83 Å². The summed E-state index contributed by atoms with van der Waals surface area (Å²) < 4.78 is 0. The normalized spacial score (nSPS) is 32.9. The summed E-state index contributed by atoms with van der Waals surface area (Å²) in [6.07, 6.45) is 6.28. The summed E-state index contributed by atoms with van der Waals surface area (Å²) in [5.41, 5.74) is 3.40. The molecule has 106 valence electrons. The first kappa shape index (κ1) is 12.9. The molecule has 1 aromatic carbocycles. The van der Waals surface area contributed by atoms with Gasteiger partial charge in [0.2, 0.25) is 0 Å². The van der Waals surface area contributed by atoms with E-state index in [1.807, 2.05) is 0 Å². The lowest BCUT2D eigenvalue weighted by molar-refractivity contribution is 0.0956. The van der Waals surface area contributed by atoms with E-state index in [1.165, 1.54) is 30.4 Å². The van der Waals surface area contributed by atoms with Gasteiger partial charge in [0.25, 0.3) is 5.91 Å². The summed E-state index contributed by atoms with van der Waals surface area (Å²) in [4.78, 5) is 12.6. The summed E-state index contributed by atoms with van der Waals surface area (Å²) in [5.74, 6) is 2.78. The van der Waals surface area contributed by atoms with Crippen LogP contribution in [0.3, 0.4) is 0 Å². The molecule has 1 aliphatic heterocycles. The number of carbonyl (C=O) groups is 1. The number of carbonyl (C=O) groups excluding carboxylic acids is 1. The van der Waals surface area contributed by atoms with Crippen LogP contribution in [0.2, 0.25) is 0 Å². The maximum Gasteiger partial charge on any atom is 0.251 e. The summed E-state index contributed by atoms with van der Waals surface area (Å²) in [6, 6.07) is 6.52. The highest BCUT2D eigenvalue weighted by molar-refractivity contribution is 9.09. The van der Waals surface area contributed by atoms with Crippen molar-refractivity contribution in [2.75, 3.05) is 6.54 Å². The van der Waals surface area contributed by atoms with Crippen LogP contribution < -0.4 is 5.32 Å². The first-order valence-electron chi connectivity index (χ1n) is 7.81. The molecule has 3 heteroatoms. The van der Waals surface area contributed by atoms with E-state index in [4.69, 9.17) is 0 Å². The van der Waals surface area contributed by atoms with Crippen molar-refractivity contribution in [2.45, 2.75) is 36.9 Å². The third kappa shape index (κ3) is 2.02. The number of halogens is 1. The molecule has 4 rings (SSSR count). The minimum Gasteiger partial charge on any atom is -0.352 e. The second-order valence-electron chi connectivity index (χ2n) is 6.51. The third-order valence-electron chi connectivity index (χ3n) is 5.42. The van der Waals surface area contributed by atoms with Gasteiger partial charge < -0.3 is 5.32 Å². The number of aryl methyl sites for hydroxylation is 1. The SMILES string of the molecule is O=C1NCCCc2ccc(C(Br)C3C4CCCC43)cc21. The smallest absolute Gasteiger partial charge is 0.251 e. The fourth-order valence-corrected chi connectivity index (χ4v) is 5.37. The molecule has 0 saturated heterocycles. The topological polar surface area (TPSA) is 29.1 Å². The van der Waals surface area contributed by atoms with Gasteiger partial charge in [-0.2, -0.15) is 0 Å². The van der Waals surface area contributed by atoms with E-state index in [9.17, 15) is 4.79 Å². The van der Waals surface area contributed by atoms with Gasteiger partial charge in [0.05, 0.1) is 0 Å². The number of hydrogen-bond acceptors (Lipinski definition) is 1. The molecule has 3 unspecified atom stereocenters. The lowest BCUT2D eigenvalue weighted by Crippen LogP contribution is -2.22. The van der Waals surface area contributed by atoms with Gasteiger partial charge in [0, 0.05) is 16.9 Å². The highest BCUT2D eigenvalue weighted by Crippen LogP contribution is 2.64. The molecule has 2 aliphatic carbocycles. The van der Waals surface area contributed by atoms with Gasteiger partial charge in [0.1, 0.15) is 0 Å². The fraction of sp³-hybridized carbons (Fsp3) is 0.588. The standard InChI is InChI=1S/C17H20BrNO/c18-16(15-12-4-1-5-13(12)15)11-7-6-10-3-2-8-19-17(20)14(10)9-11/h6-7,9,12-13,15-16H,1-5,8H2,(H,19,20). The van der Waals surface area contributed by atoms with Crippen LogP contribution in [0.1, 0.15) is 52.0 Å². The first-order valence-corrected chi connectivity index (χ1v) is 8.72. The van der Waals surface area contributed by atoms with Crippen molar-refractivity contribution in [1.82, 2.24) is 5.32 Å². The van der Waals surface area contributed by atoms with E-state index in [-0.39, 0.29) is 5.91 Å². The molecule has 1 heterocycles. The van der Waals surface area contributed by atoms with E-state index >= 15 is 0 Å². The van der Waals surface area contributed by atoms with Crippen molar-refractivity contribution in [3.63, 3.8) is 0 Å². The van der Waals surface area contributed by atoms with E-state index in [0.717, 1.165) is 42.7 Å². The first-order chi connectivity index (χ1) is 9.75. The molecule has 1 aromatic rings. The molecule has 2 saturated carbocycles. The number of rotatable bonds is 2. The largest absolute Gasteiger partial charge is 0.352 e. The molecular formula is C17H20BrNO. The number of alkyl halides is 1. The number of nitrogens with one attached hydrogen (secondary N) is 1.